The Labute approximate surface area is 151 Å². The maximum atomic E-state index is 6.16. The summed E-state index contributed by atoms with van der Waals surface area (Å²) in [5.41, 5.74) is 2.44. The van der Waals surface area contributed by atoms with Crippen LogP contribution in [0.2, 0.25) is 5.02 Å². The van der Waals surface area contributed by atoms with Crippen molar-refractivity contribution >= 4 is 34.7 Å². The standard InChI is InChI=1S/C20H18ClNO3/c1-23-17-6-4-5-13-7-9-16(22-19(13)17)10-8-14-11-15(21)12-18(24-2)20(14)25-3/h4-12H,1-3H3. The van der Waals surface area contributed by atoms with Crippen LogP contribution in [0.25, 0.3) is 23.1 Å². The number of halogens is 1. The molecule has 0 aliphatic rings. The average Bonchev–Trinajstić information content (AvgIpc) is 2.65. The van der Waals surface area contributed by atoms with Crippen LogP contribution >= 0.6 is 11.6 Å². The number of rotatable bonds is 5. The van der Waals surface area contributed by atoms with Crippen LogP contribution < -0.4 is 14.2 Å². The van der Waals surface area contributed by atoms with Crippen molar-refractivity contribution in [2.24, 2.45) is 0 Å². The van der Waals surface area contributed by atoms with Crippen molar-refractivity contribution in [1.82, 2.24) is 4.98 Å². The molecule has 0 aliphatic carbocycles. The molecule has 3 rings (SSSR count). The molecule has 0 fully saturated rings. The maximum absolute atomic E-state index is 6.16. The van der Waals surface area contributed by atoms with Gasteiger partial charge in [-0.05, 0) is 30.4 Å². The Morgan fingerprint density at radius 1 is 0.880 bits per heavy atom. The lowest BCUT2D eigenvalue weighted by molar-refractivity contribution is 0.354. The largest absolute Gasteiger partial charge is 0.494 e. The minimum atomic E-state index is 0.574. The Bertz CT molecular complexity index is 938. The van der Waals surface area contributed by atoms with Crippen molar-refractivity contribution in [2.45, 2.75) is 0 Å². The summed E-state index contributed by atoms with van der Waals surface area (Å²) in [6.07, 6.45) is 3.80. The molecule has 1 heterocycles. The van der Waals surface area contributed by atoms with E-state index < -0.39 is 0 Å². The van der Waals surface area contributed by atoms with E-state index in [1.165, 1.54) is 0 Å². The van der Waals surface area contributed by atoms with Gasteiger partial charge in [0.15, 0.2) is 11.5 Å². The second-order valence-electron chi connectivity index (χ2n) is 5.33. The van der Waals surface area contributed by atoms with E-state index in [0.717, 1.165) is 27.9 Å². The first-order valence-corrected chi connectivity index (χ1v) is 8.07. The van der Waals surface area contributed by atoms with Crippen LogP contribution in [0, 0.1) is 0 Å². The molecule has 0 atom stereocenters. The first kappa shape index (κ1) is 17.1. The van der Waals surface area contributed by atoms with Gasteiger partial charge in [-0.1, -0.05) is 29.8 Å². The molecule has 0 bridgehead atoms. The number of benzene rings is 2. The summed E-state index contributed by atoms with van der Waals surface area (Å²) >= 11 is 6.16. The number of hydrogen-bond acceptors (Lipinski definition) is 4. The molecule has 0 spiro atoms. The van der Waals surface area contributed by atoms with Crippen molar-refractivity contribution in [3.05, 3.63) is 58.7 Å². The molecule has 5 heteroatoms. The number of ether oxygens (including phenoxy) is 3. The molecule has 3 aromatic rings. The van der Waals surface area contributed by atoms with Crippen LogP contribution in [0.3, 0.4) is 0 Å². The highest BCUT2D eigenvalue weighted by Crippen LogP contribution is 2.35. The molecular weight excluding hydrogens is 338 g/mol. The van der Waals surface area contributed by atoms with Crippen LogP contribution in [-0.4, -0.2) is 26.3 Å². The topological polar surface area (TPSA) is 40.6 Å². The molecule has 25 heavy (non-hydrogen) atoms. The van der Waals surface area contributed by atoms with Crippen molar-refractivity contribution in [3.8, 4) is 17.2 Å². The van der Waals surface area contributed by atoms with Crippen molar-refractivity contribution < 1.29 is 14.2 Å². The molecule has 0 aliphatic heterocycles. The Balaban J connectivity index is 2.02. The van der Waals surface area contributed by atoms with Crippen LogP contribution in [0.4, 0.5) is 0 Å². The number of pyridine rings is 1. The molecule has 128 valence electrons. The van der Waals surface area contributed by atoms with Gasteiger partial charge in [-0.25, -0.2) is 4.98 Å². The van der Waals surface area contributed by atoms with Crippen LogP contribution in [0.1, 0.15) is 11.3 Å². The second kappa shape index (κ2) is 7.45. The van der Waals surface area contributed by atoms with Gasteiger partial charge < -0.3 is 14.2 Å². The zero-order chi connectivity index (χ0) is 17.8. The van der Waals surface area contributed by atoms with Gasteiger partial charge >= 0.3 is 0 Å². The summed E-state index contributed by atoms with van der Waals surface area (Å²) in [6, 6.07) is 13.4. The van der Waals surface area contributed by atoms with Crippen molar-refractivity contribution in [1.29, 1.82) is 0 Å². The van der Waals surface area contributed by atoms with Crippen LogP contribution in [-0.2, 0) is 0 Å². The zero-order valence-electron chi connectivity index (χ0n) is 14.2. The van der Waals surface area contributed by atoms with E-state index in [1.54, 1.807) is 27.4 Å². The minimum absolute atomic E-state index is 0.574. The van der Waals surface area contributed by atoms with E-state index in [9.17, 15) is 0 Å². The summed E-state index contributed by atoms with van der Waals surface area (Å²) in [5, 5.41) is 1.60. The van der Waals surface area contributed by atoms with Gasteiger partial charge in [-0.15, -0.1) is 0 Å². The smallest absolute Gasteiger partial charge is 0.168 e. The zero-order valence-corrected chi connectivity index (χ0v) is 15.0. The summed E-state index contributed by atoms with van der Waals surface area (Å²) < 4.78 is 16.2. The van der Waals surface area contributed by atoms with E-state index in [2.05, 4.69) is 4.98 Å². The maximum Gasteiger partial charge on any atom is 0.168 e. The first-order chi connectivity index (χ1) is 12.2. The number of fused-ring (bicyclic) bond motifs is 1. The molecule has 1 aromatic heterocycles. The third kappa shape index (κ3) is 3.54. The lowest BCUT2D eigenvalue weighted by Gasteiger charge is -2.11. The fraction of sp³-hybridized carbons (Fsp3) is 0.150. The van der Waals surface area contributed by atoms with Gasteiger partial charge in [0.1, 0.15) is 11.3 Å². The molecule has 0 saturated heterocycles. The molecule has 0 N–H and O–H groups in total. The van der Waals surface area contributed by atoms with Gasteiger partial charge in [0, 0.05) is 22.0 Å². The number of para-hydroxylation sites is 1. The molecule has 4 nitrogen and oxygen atoms in total. The number of aromatic nitrogens is 1. The van der Waals surface area contributed by atoms with E-state index in [-0.39, 0.29) is 0 Å². The first-order valence-electron chi connectivity index (χ1n) is 7.69. The molecule has 2 aromatic carbocycles. The Morgan fingerprint density at radius 2 is 1.68 bits per heavy atom. The highest BCUT2D eigenvalue weighted by molar-refractivity contribution is 6.31. The van der Waals surface area contributed by atoms with Gasteiger partial charge in [0.25, 0.3) is 0 Å². The highest BCUT2D eigenvalue weighted by atomic mass is 35.5. The van der Waals surface area contributed by atoms with E-state index in [0.29, 0.717) is 16.5 Å². The van der Waals surface area contributed by atoms with Crippen molar-refractivity contribution in [2.75, 3.05) is 21.3 Å². The Hall–Kier alpha value is -2.72. The lowest BCUT2D eigenvalue weighted by atomic mass is 10.1. The van der Waals surface area contributed by atoms with Gasteiger partial charge in [-0.2, -0.15) is 0 Å². The monoisotopic (exact) mass is 355 g/mol. The molecule has 0 radical (unpaired) electrons. The Morgan fingerprint density at radius 3 is 2.40 bits per heavy atom. The fourth-order valence-electron chi connectivity index (χ4n) is 2.65. The number of nitrogens with zero attached hydrogens (tertiary/aromatic N) is 1. The fourth-order valence-corrected chi connectivity index (χ4v) is 2.87. The minimum Gasteiger partial charge on any atom is -0.494 e. The molecular formula is C20H18ClNO3. The normalized spacial score (nSPS) is 11.0. The van der Waals surface area contributed by atoms with Crippen molar-refractivity contribution in [3.63, 3.8) is 0 Å². The number of methoxy groups -OCH3 is 3. The van der Waals surface area contributed by atoms with Gasteiger partial charge in [-0.3, -0.25) is 0 Å². The third-order valence-electron chi connectivity index (χ3n) is 3.83. The summed E-state index contributed by atoms with van der Waals surface area (Å²) in [4.78, 5) is 4.66. The predicted octanol–water partition coefficient (Wildman–Crippen LogP) is 5.08. The number of hydrogen-bond donors (Lipinski definition) is 0. The van der Waals surface area contributed by atoms with Gasteiger partial charge in [0.2, 0.25) is 0 Å². The van der Waals surface area contributed by atoms with E-state index in [4.69, 9.17) is 25.8 Å². The average molecular weight is 356 g/mol. The highest BCUT2D eigenvalue weighted by Gasteiger charge is 2.10. The van der Waals surface area contributed by atoms with Crippen LogP contribution in [0.5, 0.6) is 17.2 Å². The van der Waals surface area contributed by atoms with E-state index >= 15 is 0 Å². The predicted molar refractivity (Wildman–Crippen MR) is 102 cm³/mol. The third-order valence-corrected chi connectivity index (χ3v) is 4.05. The van der Waals surface area contributed by atoms with Crippen LogP contribution in [0.15, 0.2) is 42.5 Å². The second-order valence-corrected chi connectivity index (χ2v) is 5.77. The summed E-state index contributed by atoms with van der Waals surface area (Å²) in [5.74, 6) is 1.96. The quantitative estimate of drug-likeness (QED) is 0.639. The SMILES string of the molecule is COc1cc(Cl)cc(C=Cc2ccc3cccc(OC)c3n2)c1OC. The van der Waals surface area contributed by atoms with Gasteiger partial charge in [0.05, 0.1) is 27.0 Å². The Kier molecular flexibility index (Phi) is 5.10. The molecule has 0 unspecified atom stereocenters. The lowest BCUT2D eigenvalue weighted by Crippen LogP contribution is -1.93. The molecule has 0 saturated carbocycles. The summed E-state index contributed by atoms with van der Waals surface area (Å²) in [7, 11) is 4.82. The van der Waals surface area contributed by atoms with E-state index in [1.807, 2.05) is 48.6 Å². The molecule has 0 amide bonds. The summed E-state index contributed by atoms with van der Waals surface area (Å²) in [6.45, 7) is 0.